The number of rotatable bonds is 3. The van der Waals surface area contributed by atoms with Gasteiger partial charge in [-0.25, -0.2) is 0 Å². The fourth-order valence-electron chi connectivity index (χ4n) is 1.28. The van der Waals surface area contributed by atoms with Gasteiger partial charge in [0.15, 0.2) is 0 Å². The van der Waals surface area contributed by atoms with E-state index in [0.29, 0.717) is 12.0 Å². The van der Waals surface area contributed by atoms with Crippen molar-refractivity contribution >= 4 is 34.8 Å². The van der Waals surface area contributed by atoms with Crippen LogP contribution >= 0.6 is 23.2 Å². The van der Waals surface area contributed by atoms with Crippen molar-refractivity contribution in [1.82, 2.24) is 5.32 Å². The molecule has 0 aliphatic rings. The Morgan fingerprint density at radius 1 is 1.59 bits per heavy atom. The minimum atomic E-state index is -0.280. The maximum atomic E-state index is 11.8. The standard InChI is InChI=1S/C12H12Cl2N2O/c1-3-4-7(2)16-12(17)8-5-9(13)11(14)10(15)6-8/h1,5-7H,4,15H2,2H3,(H,16,17). The summed E-state index contributed by atoms with van der Waals surface area (Å²) >= 11 is 11.6. The summed E-state index contributed by atoms with van der Waals surface area (Å²) in [5.41, 5.74) is 6.25. The van der Waals surface area contributed by atoms with Crippen molar-refractivity contribution in [1.29, 1.82) is 0 Å². The van der Waals surface area contributed by atoms with Crippen molar-refractivity contribution in [3.8, 4) is 12.3 Å². The van der Waals surface area contributed by atoms with Crippen molar-refractivity contribution in [2.75, 3.05) is 5.73 Å². The number of nitrogen functional groups attached to an aromatic ring is 1. The van der Waals surface area contributed by atoms with E-state index in [-0.39, 0.29) is 27.7 Å². The second-order valence-electron chi connectivity index (χ2n) is 3.64. The number of amides is 1. The summed E-state index contributed by atoms with van der Waals surface area (Å²) in [5.74, 6) is 2.19. The molecule has 5 heteroatoms. The third-order valence-electron chi connectivity index (χ3n) is 2.12. The highest BCUT2D eigenvalue weighted by molar-refractivity contribution is 6.43. The van der Waals surface area contributed by atoms with E-state index in [9.17, 15) is 4.79 Å². The van der Waals surface area contributed by atoms with Gasteiger partial charge in [-0.3, -0.25) is 4.79 Å². The SMILES string of the molecule is C#CCC(C)NC(=O)c1cc(N)c(Cl)c(Cl)c1. The Balaban J connectivity index is 2.87. The van der Waals surface area contributed by atoms with Crippen LogP contribution < -0.4 is 11.1 Å². The van der Waals surface area contributed by atoms with Crippen LogP contribution in [-0.4, -0.2) is 11.9 Å². The first-order valence-corrected chi connectivity index (χ1v) is 5.70. The minimum Gasteiger partial charge on any atom is -0.397 e. The Kier molecular flexibility index (Phi) is 4.68. The molecule has 0 aliphatic carbocycles. The molecule has 0 saturated carbocycles. The van der Waals surface area contributed by atoms with Gasteiger partial charge in [0.2, 0.25) is 0 Å². The Bertz CT molecular complexity index is 457. The van der Waals surface area contributed by atoms with Gasteiger partial charge < -0.3 is 11.1 Å². The molecular weight excluding hydrogens is 259 g/mol. The molecule has 3 nitrogen and oxygen atoms in total. The van der Waals surface area contributed by atoms with E-state index >= 15 is 0 Å². The van der Waals surface area contributed by atoms with Gasteiger partial charge in [-0.05, 0) is 19.1 Å². The Labute approximate surface area is 110 Å². The van der Waals surface area contributed by atoms with Gasteiger partial charge in [0.1, 0.15) is 0 Å². The van der Waals surface area contributed by atoms with Crippen LogP contribution in [-0.2, 0) is 0 Å². The van der Waals surface area contributed by atoms with Gasteiger partial charge in [0.05, 0.1) is 15.7 Å². The molecule has 17 heavy (non-hydrogen) atoms. The van der Waals surface area contributed by atoms with E-state index in [1.165, 1.54) is 12.1 Å². The van der Waals surface area contributed by atoms with Crippen molar-refractivity contribution in [3.05, 3.63) is 27.7 Å². The van der Waals surface area contributed by atoms with Crippen LogP contribution in [0, 0.1) is 12.3 Å². The summed E-state index contributed by atoms with van der Waals surface area (Å²) in [5, 5.41) is 3.23. The normalized spacial score (nSPS) is 11.6. The topological polar surface area (TPSA) is 55.1 Å². The van der Waals surface area contributed by atoms with Crippen LogP contribution in [0.2, 0.25) is 10.0 Å². The summed E-state index contributed by atoms with van der Waals surface area (Å²) in [6.45, 7) is 1.82. The molecule has 0 radical (unpaired) electrons. The number of halogens is 2. The molecule has 0 spiro atoms. The number of carbonyl (C=O) groups is 1. The van der Waals surface area contributed by atoms with Crippen LogP contribution in [0.1, 0.15) is 23.7 Å². The van der Waals surface area contributed by atoms with Crippen molar-refractivity contribution in [2.45, 2.75) is 19.4 Å². The van der Waals surface area contributed by atoms with Crippen LogP contribution in [0.25, 0.3) is 0 Å². The Hall–Kier alpha value is -1.37. The molecule has 0 aromatic heterocycles. The lowest BCUT2D eigenvalue weighted by atomic mass is 10.1. The zero-order valence-electron chi connectivity index (χ0n) is 9.26. The number of benzene rings is 1. The lowest BCUT2D eigenvalue weighted by molar-refractivity contribution is 0.0941. The molecule has 0 aliphatic heterocycles. The largest absolute Gasteiger partial charge is 0.397 e. The molecule has 1 aromatic rings. The van der Waals surface area contributed by atoms with Gasteiger partial charge in [-0.2, -0.15) is 0 Å². The van der Waals surface area contributed by atoms with Gasteiger partial charge in [0, 0.05) is 18.0 Å². The predicted molar refractivity (Wildman–Crippen MR) is 71.3 cm³/mol. The summed E-state index contributed by atoms with van der Waals surface area (Å²) in [4.78, 5) is 11.8. The third kappa shape index (κ3) is 3.55. The highest BCUT2D eigenvalue weighted by Gasteiger charge is 2.12. The van der Waals surface area contributed by atoms with E-state index in [1.807, 2.05) is 6.92 Å². The fraction of sp³-hybridized carbons (Fsp3) is 0.250. The molecule has 1 amide bonds. The molecule has 1 rings (SSSR count). The lowest BCUT2D eigenvalue weighted by Crippen LogP contribution is -2.32. The minimum absolute atomic E-state index is 0.108. The molecule has 0 saturated heterocycles. The number of terminal acetylenes is 1. The molecular formula is C12H12Cl2N2O. The van der Waals surface area contributed by atoms with Crippen LogP contribution in [0.5, 0.6) is 0 Å². The molecule has 1 atom stereocenters. The summed E-state index contributed by atoms with van der Waals surface area (Å²) < 4.78 is 0. The van der Waals surface area contributed by atoms with E-state index in [0.717, 1.165) is 0 Å². The smallest absolute Gasteiger partial charge is 0.251 e. The second kappa shape index (κ2) is 5.81. The fourth-order valence-corrected chi connectivity index (χ4v) is 1.61. The lowest BCUT2D eigenvalue weighted by Gasteiger charge is -2.12. The average molecular weight is 271 g/mol. The molecule has 0 heterocycles. The van der Waals surface area contributed by atoms with E-state index < -0.39 is 0 Å². The maximum Gasteiger partial charge on any atom is 0.251 e. The quantitative estimate of drug-likeness (QED) is 0.656. The Morgan fingerprint density at radius 2 is 2.24 bits per heavy atom. The molecule has 0 bridgehead atoms. The van der Waals surface area contributed by atoms with Crippen LogP contribution in [0.3, 0.4) is 0 Å². The first-order chi connectivity index (χ1) is 7.95. The van der Waals surface area contributed by atoms with Gasteiger partial charge >= 0.3 is 0 Å². The van der Waals surface area contributed by atoms with Crippen molar-refractivity contribution in [2.24, 2.45) is 0 Å². The number of hydrogen-bond donors (Lipinski definition) is 2. The number of nitrogens with two attached hydrogens (primary N) is 1. The zero-order chi connectivity index (χ0) is 13.0. The first-order valence-electron chi connectivity index (χ1n) is 4.94. The molecule has 90 valence electrons. The van der Waals surface area contributed by atoms with Crippen LogP contribution in [0.15, 0.2) is 12.1 Å². The molecule has 1 aromatic carbocycles. The third-order valence-corrected chi connectivity index (χ3v) is 2.94. The zero-order valence-corrected chi connectivity index (χ0v) is 10.8. The highest BCUT2D eigenvalue weighted by atomic mass is 35.5. The summed E-state index contributed by atoms with van der Waals surface area (Å²) in [6, 6.07) is 2.84. The average Bonchev–Trinajstić information content (AvgIpc) is 2.25. The monoisotopic (exact) mass is 270 g/mol. The van der Waals surface area contributed by atoms with Crippen LogP contribution in [0.4, 0.5) is 5.69 Å². The molecule has 1 unspecified atom stereocenters. The van der Waals surface area contributed by atoms with Gasteiger partial charge in [0.25, 0.3) is 5.91 Å². The molecule has 0 fully saturated rings. The molecule has 3 N–H and O–H groups in total. The Morgan fingerprint density at radius 3 is 2.76 bits per heavy atom. The maximum absolute atomic E-state index is 11.8. The summed E-state index contributed by atoms with van der Waals surface area (Å²) in [7, 11) is 0. The predicted octanol–water partition coefficient (Wildman–Crippen LogP) is 2.72. The van der Waals surface area contributed by atoms with Gasteiger partial charge in [-0.1, -0.05) is 23.2 Å². The number of hydrogen-bond acceptors (Lipinski definition) is 2. The first kappa shape index (κ1) is 13.7. The van der Waals surface area contributed by atoms with E-state index in [2.05, 4.69) is 11.2 Å². The summed E-state index contributed by atoms with van der Waals surface area (Å²) in [6.07, 6.45) is 5.61. The van der Waals surface area contributed by atoms with E-state index in [1.54, 1.807) is 0 Å². The number of nitrogens with one attached hydrogen (secondary N) is 1. The number of carbonyl (C=O) groups excluding carboxylic acids is 1. The van der Waals surface area contributed by atoms with Gasteiger partial charge in [-0.15, -0.1) is 12.3 Å². The second-order valence-corrected chi connectivity index (χ2v) is 4.43. The van der Waals surface area contributed by atoms with Crippen molar-refractivity contribution < 1.29 is 4.79 Å². The van der Waals surface area contributed by atoms with Crippen molar-refractivity contribution in [3.63, 3.8) is 0 Å². The number of anilines is 1. The van der Waals surface area contributed by atoms with E-state index in [4.69, 9.17) is 35.4 Å². The highest BCUT2D eigenvalue weighted by Crippen LogP contribution is 2.29.